The number of aromatic nitrogens is 2. The highest BCUT2D eigenvalue weighted by molar-refractivity contribution is 5.69. The first-order chi connectivity index (χ1) is 15.1. The molecule has 31 heavy (non-hydrogen) atoms. The number of benzene rings is 1. The maximum absolute atomic E-state index is 12.4. The minimum atomic E-state index is -2.85. The third kappa shape index (κ3) is 6.03. The van der Waals surface area contributed by atoms with Crippen molar-refractivity contribution in [1.29, 1.82) is 0 Å². The van der Waals surface area contributed by atoms with Gasteiger partial charge in [0.25, 0.3) is 0 Å². The number of ether oxygens (including phenoxy) is 3. The Hall–Kier alpha value is -2.48. The first-order valence-electron chi connectivity index (χ1n) is 11.0. The molecule has 4 rings (SSSR count). The summed E-state index contributed by atoms with van der Waals surface area (Å²) in [5.41, 5.74) is 1.49. The molecule has 1 unspecified atom stereocenters. The molecule has 1 atom stereocenters. The number of alkyl halides is 2. The van der Waals surface area contributed by atoms with Crippen molar-refractivity contribution < 1.29 is 23.0 Å². The fourth-order valence-electron chi connectivity index (χ4n) is 4.06. The number of nitrogens with one attached hydrogen (secondary N) is 1. The normalized spacial score (nSPS) is 23.7. The average molecular weight is 433 g/mol. The molecule has 2 heterocycles. The molecule has 0 bridgehead atoms. The fourth-order valence-corrected chi connectivity index (χ4v) is 4.06. The van der Waals surface area contributed by atoms with E-state index in [1.807, 2.05) is 0 Å². The van der Waals surface area contributed by atoms with Crippen LogP contribution < -0.4 is 14.8 Å². The lowest BCUT2D eigenvalue weighted by molar-refractivity contribution is -0.0498. The van der Waals surface area contributed by atoms with Crippen molar-refractivity contribution in [2.45, 2.75) is 51.7 Å². The second kappa shape index (κ2) is 10.2. The van der Waals surface area contributed by atoms with E-state index in [0.717, 1.165) is 37.4 Å². The number of anilines is 1. The zero-order valence-electron chi connectivity index (χ0n) is 17.7. The van der Waals surface area contributed by atoms with Gasteiger partial charge in [-0.3, -0.25) is 0 Å². The quantitative estimate of drug-likeness (QED) is 0.621. The van der Waals surface area contributed by atoms with E-state index in [2.05, 4.69) is 26.9 Å². The Balaban J connectivity index is 1.52. The van der Waals surface area contributed by atoms with E-state index in [4.69, 9.17) is 9.47 Å². The van der Waals surface area contributed by atoms with Gasteiger partial charge in [-0.05, 0) is 55.7 Å². The van der Waals surface area contributed by atoms with Gasteiger partial charge in [-0.2, -0.15) is 13.8 Å². The second-order valence-corrected chi connectivity index (χ2v) is 8.46. The highest BCUT2D eigenvalue weighted by atomic mass is 19.3. The molecule has 1 aliphatic carbocycles. The SMILES string of the molecule is CC1CCC(Nc2ncc(-c3ccc(OC(F)F)cc3)c(OCC3CCOC3)n2)CC1. The molecule has 0 radical (unpaired) electrons. The summed E-state index contributed by atoms with van der Waals surface area (Å²) in [6.45, 7) is 1.39. The fraction of sp³-hybridized carbons (Fsp3) is 0.565. The van der Waals surface area contributed by atoms with Crippen LogP contribution in [0, 0.1) is 11.8 Å². The summed E-state index contributed by atoms with van der Waals surface area (Å²) in [5, 5.41) is 3.45. The molecule has 6 nitrogen and oxygen atoms in total. The summed E-state index contributed by atoms with van der Waals surface area (Å²) in [5.74, 6) is 2.25. The van der Waals surface area contributed by atoms with Gasteiger partial charge < -0.3 is 19.5 Å². The van der Waals surface area contributed by atoms with E-state index >= 15 is 0 Å². The molecule has 2 aromatic rings. The van der Waals surface area contributed by atoms with E-state index in [-0.39, 0.29) is 5.75 Å². The summed E-state index contributed by atoms with van der Waals surface area (Å²) in [7, 11) is 0. The van der Waals surface area contributed by atoms with Gasteiger partial charge >= 0.3 is 6.61 Å². The predicted octanol–water partition coefficient (Wildman–Crippen LogP) is 5.15. The van der Waals surface area contributed by atoms with Gasteiger partial charge in [0.05, 0.1) is 18.8 Å². The minimum Gasteiger partial charge on any atom is -0.477 e. The van der Waals surface area contributed by atoms with Crippen molar-refractivity contribution in [2.75, 3.05) is 25.1 Å². The van der Waals surface area contributed by atoms with Gasteiger partial charge in [0.1, 0.15) is 5.75 Å². The van der Waals surface area contributed by atoms with Crippen LogP contribution in [0.5, 0.6) is 11.6 Å². The number of hydrogen-bond donors (Lipinski definition) is 1. The zero-order valence-corrected chi connectivity index (χ0v) is 17.7. The molecule has 1 saturated carbocycles. The Morgan fingerprint density at radius 2 is 1.90 bits per heavy atom. The van der Waals surface area contributed by atoms with Crippen molar-refractivity contribution in [3.8, 4) is 22.8 Å². The molecule has 1 aromatic heterocycles. The van der Waals surface area contributed by atoms with Crippen molar-refractivity contribution in [3.05, 3.63) is 30.5 Å². The molecule has 0 spiro atoms. The monoisotopic (exact) mass is 433 g/mol. The van der Waals surface area contributed by atoms with Crippen LogP contribution in [0.1, 0.15) is 39.0 Å². The molecule has 2 fully saturated rings. The smallest absolute Gasteiger partial charge is 0.387 e. The molecule has 0 amide bonds. The van der Waals surface area contributed by atoms with Crippen LogP contribution >= 0.6 is 0 Å². The maximum atomic E-state index is 12.4. The highest BCUT2D eigenvalue weighted by Crippen LogP contribution is 2.32. The first kappa shape index (κ1) is 21.7. The largest absolute Gasteiger partial charge is 0.477 e. The Morgan fingerprint density at radius 1 is 1.13 bits per heavy atom. The van der Waals surface area contributed by atoms with Gasteiger partial charge in [0.2, 0.25) is 11.8 Å². The van der Waals surface area contributed by atoms with Gasteiger partial charge in [-0.15, -0.1) is 0 Å². The van der Waals surface area contributed by atoms with Gasteiger partial charge in [0.15, 0.2) is 0 Å². The third-order valence-corrected chi connectivity index (χ3v) is 5.97. The van der Waals surface area contributed by atoms with E-state index in [9.17, 15) is 8.78 Å². The van der Waals surface area contributed by atoms with Crippen LogP contribution in [0.15, 0.2) is 30.5 Å². The van der Waals surface area contributed by atoms with Crippen molar-refractivity contribution in [1.82, 2.24) is 9.97 Å². The lowest BCUT2D eigenvalue weighted by atomic mass is 9.87. The summed E-state index contributed by atoms with van der Waals surface area (Å²) in [6.07, 6.45) is 7.30. The highest BCUT2D eigenvalue weighted by Gasteiger charge is 2.21. The number of hydrogen-bond acceptors (Lipinski definition) is 6. The number of rotatable bonds is 8. The second-order valence-electron chi connectivity index (χ2n) is 8.46. The zero-order chi connectivity index (χ0) is 21.6. The van der Waals surface area contributed by atoms with Crippen molar-refractivity contribution >= 4 is 5.95 Å². The van der Waals surface area contributed by atoms with E-state index in [1.54, 1.807) is 18.3 Å². The molecule has 2 aliphatic rings. The summed E-state index contributed by atoms with van der Waals surface area (Å²) in [6, 6.07) is 6.79. The van der Waals surface area contributed by atoms with Crippen LogP contribution in [0.4, 0.5) is 14.7 Å². The summed E-state index contributed by atoms with van der Waals surface area (Å²) >= 11 is 0. The molecule has 1 aliphatic heterocycles. The molecule has 8 heteroatoms. The average Bonchev–Trinajstić information content (AvgIpc) is 3.28. The number of nitrogens with zero attached hydrogens (tertiary/aromatic N) is 2. The van der Waals surface area contributed by atoms with Crippen molar-refractivity contribution in [2.24, 2.45) is 11.8 Å². The van der Waals surface area contributed by atoms with E-state index in [1.165, 1.54) is 25.0 Å². The predicted molar refractivity (Wildman–Crippen MR) is 114 cm³/mol. The van der Waals surface area contributed by atoms with Crippen LogP contribution in [0.25, 0.3) is 11.1 Å². The maximum Gasteiger partial charge on any atom is 0.387 e. The van der Waals surface area contributed by atoms with Crippen LogP contribution in [0.2, 0.25) is 0 Å². The molecular formula is C23H29F2N3O3. The lowest BCUT2D eigenvalue weighted by Gasteiger charge is -2.27. The summed E-state index contributed by atoms with van der Waals surface area (Å²) in [4.78, 5) is 9.16. The van der Waals surface area contributed by atoms with Gasteiger partial charge in [0, 0.05) is 24.8 Å². The summed E-state index contributed by atoms with van der Waals surface area (Å²) < 4.78 is 40.8. The Morgan fingerprint density at radius 3 is 2.58 bits per heavy atom. The molecule has 1 saturated heterocycles. The van der Waals surface area contributed by atoms with Crippen LogP contribution in [0.3, 0.4) is 0 Å². The van der Waals surface area contributed by atoms with E-state index in [0.29, 0.717) is 42.6 Å². The first-order valence-corrected chi connectivity index (χ1v) is 11.0. The van der Waals surface area contributed by atoms with Crippen LogP contribution in [-0.2, 0) is 4.74 Å². The Labute approximate surface area is 181 Å². The van der Waals surface area contributed by atoms with Crippen molar-refractivity contribution in [3.63, 3.8) is 0 Å². The Kier molecular flexibility index (Phi) is 7.17. The topological polar surface area (TPSA) is 65.5 Å². The molecular weight excluding hydrogens is 404 g/mol. The third-order valence-electron chi connectivity index (χ3n) is 5.97. The van der Waals surface area contributed by atoms with Gasteiger partial charge in [-0.1, -0.05) is 19.1 Å². The number of halogens is 2. The molecule has 1 N–H and O–H groups in total. The minimum absolute atomic E-state index is 0.107. The molecule has 168 valence electrons. The standard InChI is InChI=1S/C23H29F2N3O3/c1-15-2-6-18(7-3-15)27-23-26-12-20(17-4-8-19(9-5-17)31-22(24)25)21(28-23)30-14-16-10-11-29-13-16/h4-5,8-9,12,15-16,18,22H,2-3,6-7,10-11,13-14H2,1H3,(H,26,27,28). The van der Waals surface area contributed by atoms with Gasteiger partial charge in [-0.25, -0.2) is 4.98 Å². The Bertz CT molecular complexity index is 836. The van der Waals surface area contributed by atoms with E-state index < -0.39 is 6.61 Å². The molecule has 1 aromatic carbocycles. The van der Waals surface area contributed by atoms with Crippen LogP contribution in [-0.4, -0.2) is 42.4 Å². The lowest BCUT2D eigenvalue weighted by Crippen LogP contribution is -2.26.